The number of piperidine rings is 1. The molecule has 1 aliphatic heterocycles. The number of benzene rings is 2. The third kappa shape index (κ3) is 4.13. The van der Waals surface area contributed by atoms with Crippen molar-refractivity contribution >= 4 is 22.7 Å². The molecular weight excluding hydrogens is 378 g/mol. The van der Waals surface area contributed by atoms with Gasteiger partial charge >= 0.3 is 0 Å². The van der Waals surface area contributed by atoms with Crippen molar-refractivity contribution in [3.63, 3.8) is 0 Å². The van der Waals surface area contributed by atoms with Crippen molar-refractivity contribution in [2.24, 2.45) is 0 Å². The average Bonchev–Trinajstić information content (AvgIpc) is 2.78. The zero-order chi connectivity index (χ0) is 21.1. The summed E-state index contributed by atoms with van der Waals surface area (Å²) in [4.78, 5) is 31.9. The summed E-state index contributed by atoms with van der Waals surface area (Å²) >= 11 is 0. The molecular formula is C24H25N3O3. The van der Waals surface area contributed by atoms with E-state index < -0.39 is 0 Å². The Hall–Kier alpha value is -3.41. The zero-order valence-electron chi connectivity index (χ0n) is 17.2. The number of methoxy groups -OCH3 is 1. The number of ether oxygens (including phenoxy) is 1. The monoisotopic (exact) mass is 403 g/mol. The molecule has 2 heterocycles. The molecule has 1 saturated heterocycles. The minimum absolute atomic E-state index is 0.0447. The maximum Gasteiger partial charge on any atom is 0.253 e. The fourth-order valence-corrected chi connectivity index (χ4v) is 3.85. The topological polar surface area (TPSA) is 71.5 Å². The molecule has 30 heavy (non-hydrogen) atoms. The second-order valence-electron chi connectivity index (χ2n) is 7.59. The summed E-state index contributed by atoms with van der Waals surface area (Å²) in [5, 5.41) is 4.02. The highest BCUT2D eigenvalue weighted by atomic mass is 16.5. The molecule has 0 radical (unpaired) electrons. The summed E-state index contributed by atoms with van der Waals surface area (Å²) in [5.41, 5.74) is 2.77. The van der Waals surface area contributed by atoms with Crippen molar-refractivity contribution in [2.45, 2.75) is 25.8 Å². The molecule has 6 heteroatoms. The van der Waals surface area contributed by atoms with Gasteiger partial charge in [0.15, 0.2) is 0 Å². The predicted molar refractivity (Wildman–Crippen MR) is 116 cm³/mol. The first kappa shape index (κ1) is 19.9. The van der Waals surface area contributed by atoms with Crippen molar-refractivity contribution in [1.82, 2.24) is 15.2 Å². The van der Waals surface area contributed by atoms with Crippen LogP contribution in [0.3, 0.4) is 0 Å². The molecule has 0 bridgehead atoms. The lowest BCUT2D eigenvalue weighted by Crippen LogP contribution is -2.46. The van der Waals surface area contributed by atoms with E-state index in [2.05, 4.69) is 10.3 Å². The van der Waals surface area contributed by atoms with Crippen LogP contribution in [0.25, 0.3) is 10.9 Å². The zero-order valence-corrected chi connectivity index (χ0v) is 17.2. The van der Waals surface area contributed by atoms with Crippen molar-refractivity contribution in [2.75, 3.05) is 20.2 Å². The molecule has 0 saturated carbocycles. The first-order valence-corrected chi connectivity index (χ1v) is 10.2. The molecule has 2 aromatic carbocycles. The molecule has 1 aliphatic rings. The minimum atomic E-state index is -0.120. The van der Waals surface area contributed by atoms with E-state index in [9.17, 15) is 9.59 Å². The van der Waals surface area contributed by atoms with Gasteiger partial charge in [-0.05, 0) is 50.1 Å². The number of carbonyl (C=O) groups excluding carboxylic acids is 2. The maximum atomic E-state index is 12.9. The lowest BCUT2D eigenvalue weighted by molar-refractivity contribution is 0.0698. The SMILES string of the molecule is COc1ccc2cc(C(=O)NC3CCN(C(=O)c4ccccc4)CC3)c(C)nc2c1. The Bertz CT molecular complexity index is 1070. The number of likely N-dealkylation sites (tertiary alicyclic amines) is 1. The summed E-state index contributed by atoms with van der Waals surface area (Å²) < 4.78 is 5.25. The van der Waals surface area contributed by atoms with Gasteiger partial charge in [-0.1, -0.05) is 18.2 Å². The fraction of sp³-hybridized carbons (Fsp3) is 0.292. The van der Waals surface area contributed by atoms with E-state index in [0.717, 1.165) is 29.5 Å². The number of aryl methyl sites for hydroxylation is 1. The highest BCUT2D eigenvalue weighted by molar-refractivity contribution is 5.99. The van der Waals surface area contributed by atoms with E-state index >= 15 is 0 Å². The van der Waals surface area contributed by atoms with Crippen LogP contribution >= 0.6 is 0 Å². The van der Waals surface area contributed by atoms with Crippen LogP contribution in [-0.4, -0.2) is 47.9 Å². The Labute approximate surface area is 175 Å². The standard InChI is InChI=1S/C24H25N3O3/c1-16-21(14-18-8-9-20(30-2)15-22(18)25-16)23(28)26-19-10-12-27(13-11-19)24(29)17-6-4-3-5-7-17/h3-9,14-15,19H,10-13H2,1-2H3,(H,26,28). The molecule has 2 amide bonds. The van der Waals surface area contributed by atoms with Crippen LogP contribution in [0.5, 0.6) is 5.75 Å². The van der Waals surface area contributed by atoms with E-state index in [-0.39, 0.29) is 17.9 Å². The molecule has 0 unspecified atom stereocenters. The van der Waals surface area contributed by atoms with E-state index in [1.807, 2.05) is 66.4 Å². The lowest BCUT2D eigenvalue weighted by Gasteiger charge is -2.32. The Morgan fingerprint density at radius 1 is 1.07 bits per heavy atom. The number of aromatic nitrogens is 1. The molecule has 6 nitrogen and oxygen atoms in total. The van der Waals surface area contributed by atoms with Crippen LogP contribution in [0.15, 0.2) is 54.6 Å². The molecule has 3 aromatic rings. The van der Waals surface area contributed by atoms with Gasteiger partial charge in [0.2, 0.25) is 0 Å². The van der Waals surface area contributed by atoms with Crippen molar-refractivity contribution in [1.29, 1.82) is 0 Å². The van der Waals surface area contributed by atoms with Gasteiger partial charge in [0, 0.05) is 36.1 Å². The number of hydrogen-bond donors (Lipinski definition) is 1. The number of pyridine rings is 1. The fourth-order valence-electron chi connectivity index (χ4n) is 3.85. The molecule has 1 aromatic heterocycles. The highest BCUT2D eigenvalue weighted by Crippen LogP contribution is 2.22. The normalized spacial score (nSPS) is 14.5. The van der Waals surface area contributed by atoms with Crippen molar-refractivity contribution < 1.29 is 14.3 Å². The molecule has 0 spiro atoms. The first-order chi connectivity index (χ1) is 14.5. The van der Waals surface area contributed by atoms with Crippen LogP contribution in [-0.2, 0) is 0 Å². The van der Waals surface area contributed by atoms with Gasteiger partial charge in [0.05, 0.1) is 23.9 Å². The Morgan fingerprint density at radius 3 is 2.50 bits per heavy atom. The number of carbonyl (C=O) groups is 2. The molecule has 1 N–H and O–H groups in total. The Morgan fingerprint density at radius 2 is 1.80 bits per heavy atom. The van der Waals surface area contributed by atoms with E-state index in [4.69, 9.17) is 4.74 Å². The van der Waals surface area contributed by atoms with Crippen molar-refractivity contribution in [3.8, 4) is 5.75 Å². The van der Waals surface area contributed by atoms with Crippen LogP contribution < -0.4 is 10.1 Å². The third-order valence-electron chi connectivity index (χ3n) is 5.60. The molecule has 154 valence electrons. The summed E-state index contributed by atoms with van der Waals surface area (Å²) in [5.74, 6) is 0.666. The molecule has 0 aliphatic carbocycles. The van der Waals surface area contributed by atoms with E-state index in [1.54, 1.807) is 7.11 Å². The summed E-state index contributed by atoms with van der Waals surface area (Å²) in [6.45, 7) is 3.11. The Kier molecular flexibility index (Phi) is 5.65. The van der Waals surface area contributed by atoms with Gasteiger partial charge in [0.25, 0.3) is 11.8 Å². The molecule has 1 fully saturated rings. The summed E-state index contributed by atoms with van der Waals surface area (Å²) in [6.07, 6.45) is 1.48. The van der Waals surface area contributed by atoms with Gasteiger partial charge in [-0.25, -0.2) is 0 Å². The average molecular weight is 403 g/mol. The number of rotatable bonds is 4. The van der Waals surface area contributed by atoms with Crippen LogP contribution in [0.4, 0.5) is 0 Å². The van der Waals surface area contributed by atoms with Gasteiger partial charge in [0.1, 0.15) is 5.75 Å². The number of nitrogens with zero attached hydrogens (tertiary/aromatic N) is 2. The van der Waals surface area contributed by atoms with E-state index in [1.165, 1.54) is 0 Å². The van der Waals surface area contributed by atoms with Gasteiger partial charge in [-0.3, -0.25) is 14.6 Å². The second-order valence-corrected chi connectivity index (χ2v) is 7.59. The summed E-state index contributed by atoms with van der Waals surface area (Å²) in [7, 11) is 1.62. The Balaban J connectivity index is 1.40. The maximum absolute atomic E-state index is 12.9. The number of hydrogen-bond acceptors (Lipinski definition) is 4. The number of fused-ring (bicyclic) bond motifs is 1. The molecule has 4 rings (SSSR count). The van der Waals surface area contributed by atoms with Gasteiger partial charge < -0.3 is 15.0 Å². The first-order valence-electron chi connectivity index (χ1n) is 10.2. The smallest absolute Gasteiger partial charge is 0.253 e. The minimum Gasteiger partial charge on any atom is -0.497 e. The van der Waals surface area contributed by atoms with Crippen LogP contribution in [0.2, 0.25) is 0 Å². The third-order valence-corrected chi connectivity index (χ3v) is 5.60. The quantitative estimate of drug-likeness (QED) is 0.723. The van der Waals surface area contributed by atoms with Crippen LogP contribution in [0.1, 0.15) is 39.3 Å². The largest absolute Gasteiger partial charge is 0.497 e. The lowest BCUT2D eigenvalue weighted by atomic mass is 10.0. The highest BCUT2D eigenvalue weighted by Gasteiger charge is 2.25. The predicted octanol–water partition coefficient (Wildman–Crippen LogP) is 3.59. The summed E-state index contributed by atoms with van der Waals surface area (Å²) in [6, 6.07) is 16.9. The van der Waals surface area contributed by atoms with Gasteiger partial charge in [-0.15, -0.1) is 0 Å². The number of amides is 2. The molecule has 0 atom stereocenters. The van der Waals surface area contributed by atoms with Crippen molar-refractivity contribution in [3.05, 3.63) is 71.4 Å². The van der Waals surface area contributed by atoms with Gasteiger partial charge in [-0.2, -0.15) is 0 Å². The number of nitrogens with one attached hydrogen (secondary N) is 1. The van der Waals surface area contributed by atoms with E-state index in [0.29, 0.717) is 29.9 Å². The second kappa shape index (κ2) is 8.53. The van der Waals surface area contributed by atoms with Crippen LogP contribution in [0, 0.1) is 6.92 Å².